The monoisotopic (exact) mass is 275 g/mol. The molecule has 1 aromatic carbocycles. The second kappa shape index (κ2) is 5.89. The first kappa shape index (κ1) is 13.8. The molecule has 0 saturated heterocycles. The summed E-state index contributed by atoms with van der Waals surface area (Å²) < 4.78 is 5.26. The Morgan fingerprint density at radius 2 is 2.06 bits per heavy atom. The van der Waals surface area contributed by atoms with E-state index in [1.807, 2.05) is 0 Å². The number of carbonyl (C=O) groups is 2. The molecule has 1 rings (SSSR count). The largest absolute Gasteiger partial charge is 0.493 e. The molecule has 1 amide bonds. The van der Waals surface area contributed by atoms with Crippen LogP contribution in [0.3, 0.4) is 0 Å². The molecule has 0 aliphatic carbocycles. The highest BCUT2D eigenvalue weighted by atomic mass is 35.5. The van der Waals surface area contributed by atoms with Gasteiger partial charge in [-0.15, -0.1) is 0 Å². The third kappa shape index (κ3) is 3.61. The van der Waals surface area contributed by atoms with Crippen molar-refractivity contribution in [3.63, 3.8) is 0 Å². The Labute approximate surface area is 109 Å². The smallest absolute Gasteiger partial charge is 0.256 e. The van der Waals surface area contributed by atoms with Crippen LogP contribution in [0, 0.1) is 0 Å². The zero-order chi connectivity index (χ0) is 13.0. The van der Waals surface area contributed by atoms with Crippen LogP contribution in [0.1, 0.15) is 24.2 Å². The van der Waals surface area contributed by atoms with Crippen LogP contribution in [0.5, 0.6) is 5.75 Å². The second-order valence-corrected chi connectivity index (χ2v) is 3.97. The van der Waals surface area contributed by atoms with Crippen molar-refractivity contribution in [2.24, 2.45) is 0 Å². The molecule has 1 aromatic rings. The van der Waals surface area contributed by atoms with E-state index in [0.29, 0.717) is 18.0 Å². The molecule has 0 atom stereocenters. The minimum Gasteiger partial charge on any atom is -0.493 e. The predicted molar refractivity (Wildman–Crippen MR) is 67.1 cm³/mol. The molecule has 17 heavy (non-hydrogen) atoms. The van der Waals surface area contributed by atoms with E-state index < -0.39 is 5.24 Å². The van der Waals surface area contributed by atoms with Crippen molar-refractivity contribution in [2.45, 2.75) is 13.8 Å². The number of anilines is 1. The van der Waals surface area contributed by atoms with Gasteiger partial charge >= 0.3 is 0 Å². The molecule has 0 bridgehead atoms. The van der Waals surface area contributed by atoms with Gasteiger partial charge in [0.2, 0.25) is 5.91 Å². The predicted octanol–water partition coefficient (Wildman–Crippen LogP) is 3.08. The zero-order valence-corrected chi connectivity index (χ0v) is 10.9. The van der Waals surface area contributed by atoms with Gasteiger partial charge in [-0.25, -0.2) is 0 Å². The Morgan fingerprint density at radius 1 is 1.41 bits per heavy atom. The summed E-state index contributed by atoms with van der Waals surface area (Å²) in [4.78, 5) is 22.1. The number of halogens is 2. The number of hydrogen-bond donors (Lipinski definition) is 1. The first-order valence-electron chi connectivity index (χ1n) is 4.89. The summed E-state index contributed by atoms with van der Waals surface area (Å²) in [6.45, 7) is 3.50. The van der Waals surface area contributed by atoms with Gasteiger partial charge in [-0.1, -0.05) is 11.6 Å². The van der Waals surface area contributed by atoms with Gasteiger partial charge in [0, 0.05) is 13.0 Å². The molecule has 0 aromatic heterocycles. The number of rotatable bonds is 4. The van der Waals surface area contributed by atoms with Crippen LogP contribution >= 0.6 is 23.2 Å². The summed E-state index contributed by atoms with van der Waals surface area (Å²) in [7, 11) is 0. The van der Waals surface area contributed by atoms with E-state index in [9.17, 15) is 9.59 Å². The van der Waals surface area contributed by atoms with Gasteiger partial charge in [-0.3, -0.25) is 9.59 Å². The fraction of sp³-hybridized carbons (Fsp3) is 0.273. The molecule has 0 spiro atoms. The molecule has 0 fully saturated rings. The Kier molecular flexibility index (Phi) is 4.78. The fourth-order valence-corrected chi connectivity index (χ4v) is 1.63. The first-order chi connectivity index (χ1) is 7.95. The van der Waals surface area contributed by atoms with E-state index in [0.717, 1.165) is 0 Å². The van der Waals surface area contributed by atoms with Gasteiger partial charge in [0.1, 0.15) is 5.75 Å². The van der Waals surface area contributed by atoms with Crippen molar-refractivity contribution in [2.75, 3.05) is 11.9 Å². The quantitative estimate of drug-likeness (QED) is 0.860. The maximum absolute atomic E-state index is 11.2. The van der Waals surface area contributed by atoms with E-state index in [4.69, 9.17) is 27.9 Å². The molecule has 0 radical (unpaired) electrons. The first-order valence-corrected chi connectivity index (χ1v) is 5.65. The molecule has 0 unspecified atom stereocenters. The number of benzene rings is 1. The van der Waals surface area contributed by atoms with E-state index in [-0.39, 0.29) is 16.5 Å². The van der Waals surface area contributed by atoms with Crippen LogP contribution < -0.4 is 10.1 Å². The summed E-state index contributed by atoms with van der Waals surface area (Å²) in [6, 6.07) is 2.84. The molecular weight excluding hydrogens is 265 g/mol. The van der Waals surface area contributed by atoms with Crippen LogP contribution in [-0.2, 0) is 4.79 Å². The summed E-state index contributed by atoms with van der Waals surface area (Å²) in [5, 5.41) is 2.10. The second-order valence-electron chi connectivity index (χ2n) is 3.22. The van der Waals surface area contributed by atoms with Gasteiger partial charge in [0.25, 0.3) is 5.24 Å². The highest BCUT2D eigenvalue weighted by molar-refractivity contribution is 6.68. The zero-order valence-electron chi connectivity index (χ0n) is 9.34. The van der Waals surface area contributed by atoms with Gasteiger partial charge in [0.05, 0.1) is 22.9 Å². The van der Waals surface area contributed by atoms with Crippen molar-refractivity contribution in [1.82, 2.24) is 0 Å². The molecule has 6 heteroatoms. The molecule has 0 aliphatic rings. The van der Waals surface area contributed by atoms with Crippen LogP contribution in [0.4, 0.5) is 5.69 Å². The maximum Gasteiger partial charge on any atom is 0.256 e. The minimum absolute atomic E-state index is 0.174. The molecule has 92 valence electrons. The minimum atomic E-state index is -0.662. The Morgan fingerprint density at radius 3 is 2.53 bits per heavy atom. The maximum atomic E-state index is 11.2. The average Bonchev–Trinajstić information content (AvgIpc) is 2.21. The van der Waals surface area contributed by atoms with Crippen molar-refractivity contribution < 1.29 is 14.3 Å². The van der Waals surface area contributed by atoms with Crippen LogP contribution in [0.25, 0.3) is 0 Å². The number of carbonyl (C=O) groups excluding carboxylic acids is 2. The SMILES string of the molecule is CCOc1cc(NC(C)=O)c(Cl)cc1C(=O)Cl. The van der Waals surface area contributed by atoms with E-state index in [1.165, 1.54) is 19.1 Å². The van der Waals surface area contributed by atoms with E-state index in [1.54, 1.807) is 6.92 Å². The summed E-state index contributed by atoms with van der Waals surface area (Å²) in [5.41, 5.74) is 0.553. The summed E-state index contributed by atoms with van der Waals surface area (Å²) in [6.07, 6.45) is 0. The van der Waals surface area contributed by atoms with Crippen molar-refractivity contribution in [3.8, 4) is 5.75 Å². The number of hydrogen-bond acceptors (Lipinski definition) is 3. The molecule has 0 heterocycles. The number of ether oxygens (including phenoxy) is 1. The van der Waals surface area contributed by atoms with Crippen LogP contribution in [-0.4, -0.2) is 17.8 Å². The van der Waals surface area contributed by atoms with Crippen molar-refractivity contribution in [1.29, 1.82) is 0 Å². The average molecular weight is 276 g/mol. The normalized spacial score (nSPS) is 9.88. The lowest BCUT2D eigenvalue weighted by atomic mass is 10.2. The highest BCUT2D eigenvalue weighted by Crippen LogP contribution is 2.32. The van der Waals surface area contributed by atoms with Crippen molar-refractivity contribution in [3.05, 3.63) is 22.7 Å². The van der Waals surface area contributed by atoms with E-state index >= 15 is 0 Å². The molecule has 0 saturated carbocycles. The van der Waals surface area contributed by atoms with E-state index in [2.05, 4.69) is 5.32 Å². The third-order valence-corrected chi connectivity index (χ3v) is 2.41. The Bertz CT molecular complexity index is 460. The molecule has 4 nitrogen and oxygen atoms in total. The van der Waals surface area contributed by atoms with Gasteiger partial charge in [0.15, 0.2) is 0 Å². The van der Waals surface area contributed by atoms with Crippen molar-refractivity contribution >= 4 is 40.0 Å². The van der Waals surface area contributed by atoms with Crippen LogP contribution in [0.2, 0.25) is 5.02 Å². The lowest BCUT2D eigenvalue weighted by Gasteiger charge is -2.11. The number of nitrogens with one attached hydrogen (secondary N) is 1. The molecular formula is C11H11Cl2NO3. The Balaban J connectivity index is 3.23. The van der Waals surface area contributed by atoms with Gasteiger partial charge < -0.3 is 10.1 Å². The Hall–Kier alpha value is -1.26. The fourth-order valence-electron chi connectivity index (χ4n) is 1.27. The highest BCUT2D eigenvalue weighted by Gasteiger charge is 2.15. The standard InChI is InChI=1S/C11H11Cl2NO3/c1-3-17-10-5-9(14-6(2)15)8(12)4-7(10)11(13)16/h4-5H,3H2,1-2H3,(H,14,15). The van der Waals surface area contributed by atoms with Crippen LogP contribution in [0.15, 0.2) is 12.1 Å². The van der Waals surface area contributed by atoms with Gasteiger partial charge in [-0.2, -0.15) is 0 Å². The van der Waals surface area contributed by atoms with Gasteiger partial charge in [-0.05, 0) is 24.6 Å². The number of amides is 1. The summed E-state index contributed by atoms with van der Waals surface area (Å²) in [5.74, 6) is 0.0277. The summed E-state index contributed by atoms with van der Waals surface area (Å²) >= 11 is 11.3. The molecule has 1 N–H and O–H groups in total. The lowest BCUT2D eigenvalue weighted by molar-refractivity contribution is -0.114. The third-order valence-electron chi connectivity index (χ3n) is 1.89. The lowest BCUT2D eigenvalue weighted by Crippen LogP contribution is -2.08. The topological polar surface area (TPSA) is 55.4 Å². The molecule has 0 aliphatic heterocycles.